The zero-order valence-corrected chi connectivity index (χ0v) is 15.8. The number of thioether (sulfide) groups is 1. The van der Waals surface area contributed by atoms with Crippen LogP contribution in [0.4, 0.5) is 0 Å². The first kappa shape index (κ1) is 18.6. The third kappa shape index (κ3) is 4.43. The average molecular weight is 355 g/mol. The fraction of sp³-hybridized carbons (Fsp3) is 0.611. The van der Waals surface area contributed by atoms with Gasteiger partial charge < -0.3 is 10.2 Å². The molecule has 2 aliphatic rings. The lowest BCUT2D eigenvalue weighted by atomic mass is 9.98. The topological polar surface area (TPSA) is 32.3 Å². The van der Waals surface area contributed by atoms with Crippen molar-refractivity contribution in [1.82, 2.24) is 10.2 Å². The maximum atomic E-state index is 12.5. The zero-order valence-electron chi connectivity index (χ0n) is 14.2. The van der Waals surface area contributed by atoms with Crippen molar-refractivity contribution in [2.75, 3.05) is 12.8 Å². The van der Waals surface area contributed by atoms with Crippen LogP contribution in [0.5, 0.6) is 0 Å². The number of fused-ring (bicyclic) bond motifs is 2. The fourth-order valence-electron chi connectivity index (χ4n) is 3.75. The van der Waals surface area contributed by atoms with Gasteiger partial charge in [0.05, 0.1) is 5.75 Å². The quantitative estimate of drug-likeness (QED) is 0.839. The van der Waals surface area contributed by atoms with Crippen molar-refractivity contribution in [3.63, 3.8) is 0 Å². The van der Waals surface area contributed by atoms with Crippen LogP contribution in [0.25, 0.3) is 0 Å². The van der Waals surface area contributed by atoms with Gasteiger partial charge in [-0.2, -0.15) is 0 Å². The molecule has 2 atom stereocenters. The Morgan fingerprint density at radius 3 is 2.52 bits per heavy atom. The first-order valence-electron chi connectivity index (χ1n) is 8.24. The molecule has 3 rings (SSSR count). The summed E-state index contributed by atoms with van der Waals surface area (Å²) in [5.41, 5.74) is 2.54. The van der Waals surface area contributed by atoms with Gasteiger partial charge in [0.2, 0.25) is 5.91 Å². The van der Waals surface area contributed by atoms with Gasteiger partial charge in [0.15, 0.2) is 0 Å². The van der Waals surface area contributed by atoms with Gasteiger partial charge in [0.1, 0.15) is 0 Å². The highest BCUT2D eigenvalue weighted by molar-refractivity contribution is 8.00. The van der Waals surface area contributed by atoms with E-state index in [2.05, 4.69) is 37.4 Å². The van der Waals surface area contributed by atoms with Gasteiger partial charge in [-0.3, -0.25) is 4.79 Å². The van der Waals surface area contributed by atoms with Crippen molar-refractivity contribution >= 4 is 30.1 Å². The van der Waals surface area contributed by atoms with E-state index >= 15 is 0 Å². The van der Waals surface area contributed by atoms with E-state index in [-0.39, 0.29) is 18.3 Å². The summed E-state index contributed by atoms with van der Waals surface area (Å²) >= 11 is 1.67. The Bertz CT molecular complexity index is 554. The van der Waals surface area contributed by atoms with Gasteiger partial charge in [-0.15, -0.1) is 24.2 Å². The Balaban J connectivity index is 0.00000192. The molecule has 2 heterocycles. The van der Waals surface area contributed by atoms with Crippen molar-refractivity contribution in [1.29, 1.82) is 0 Å². The number of aryl methyl sites for hydroxylation is 2. The number of carbonyl (C=O) groups is 1. The number of hydrogen-bond acceptors (Lipinski definition) is 3. The van der Waals surface area contributed by atoms with Crippen LogP contribution in [0.1, 0.15) is 36.8 Å². The van der Waals surface area contributed by atoms with Crippen LogP contribution in [-0.4, -0.2) is 41.7 Å². The van der Waals surface area contributed by atoms with Crippen molar-refractivity contribution in [3.05, 3.63) is 29.3 Å². The van der Waals surface area contributed by atoms with Crippen molar-refractivity contribution < 1.29 is 4.79 Å². The van der Waals surface area contributed by atoms with Crippen molar-refractivity contribution in [2.24, 2.45) is 0 Å². The molecular formula is C18H27ClN2OS. The lowest BCUT2D eigenvalue weighted by Crippen LogP contribution is -2.49. The number of amides is 1. The number of carbonyl (C=O) groups excluding carboxylic acids is 1. The summed E-state index contributed by atoms with van der Waals surface area (Å²) in [6.07, 6.45) is 4.79. The van der Waals surface area contributed by atoms with E-state index in [1.165, 1.54) is 28.9 Å². The van der Waals surface area contributed by atoms with Crippen molar-refractivity contribution in [3.8, 4) is 0 Å². The first-order chi connectivity index (χ1) is 10.5. The van der Waals surface area contributed by atoms with Gasteiger partial charge in [0, 0.05) is 30.1 Å². The SMILES string of the molecule is Cc1ccc(SCC(=O)N(C)C2CC3CCC(C2)N3)c(C)c1.Cl. The summed E-state index contributed by atoms with van der Waals surface area (Å²) in [6, 6.07) is 8.12. The van der Waals surface area contributed by atoms with Crippen LogP contribution in [0.2, 0.25) is 0 Å². The van der Waals surface area contributed by atoms with Gasteiger partial charge in [-0.1, -0.05) is 17.7 Å². The second kappa shape index (κ2) is 7.91. The number of benzene rings is 1. The van der Waals surface area contributed by atoms with E-state index < -0.39 is 0 Å². The van der Waals surface area contributed by atoms with E-state index in [1.54, 1.807) is 11.8 Å². The molecule has 5 heteroatoms. The van der Waals surface area contributed by atoms with E-state index in [1.807, 2.05) is 11.9 Å². The molecule has 1 aromatic rings. The minimum atomic E-state index is 0. The number of hydrogen-bond donors (Lipinski definition) is 1. The van der Waals surface area contributed by atoms with Crippen LogP contribution in [0, 0.1) is 13.8 Å². The summed E-state index contributed by atoms with van der Waals surface area (Å²) in [5.74, 6) is 0.802. The van der Waals surface area contributed by atoms with Crippen LogP contribution in [-0.2, 0) is 4.79 Å². The Morgan fingerprint density at radius 2 is 1.91 bits per heavy atom. The standard InChI is InChI=1S/C18H26N2OS.ClH/c1-12-4-7-17(13(2)8-12)22-11-18(21)20(3)16-9-14-5-6-15(10-16)19-14;/h4,7-8,14-16,19H,5-6,9-11H2,1-3H3;1H. The Labute approximate surface area is 150 Å². The van der Waals surface area contributed by atoms with E-state index in [0.717, 1.165) is 12.8 Å². The van der Waals surface area contributed by atoms with E-state index in [0.29, 0.717) is 23.9 Å². The molecule has 0 saturated carbocycles. The van der Waals surface area contributed by atoms with E-state index in [9.17, 15) is 4.79 Å². The molecule has 0 aliphatic carbocycles. The molecule has 1 amide bonds. The molecule has 0 aromatic heterocycles. The minimum absolute atomic E-state index is 0. The Morgan fingerprint density at radius 1 is 1.26 bits per heavy atom. The highest BCUT2D eigenvalue weighted by Crippen LogP contribution is 2.30. The largest absolute Gasteiger partial charge is 0.342 e. The summed E-state index contributed by atoms with van der Waals surface area (Å²) in [6.45, 7) is 4.22. The molecule has 2 aliphatic heterocycles. The molecule has 2 unspecified atom stereocenters. The summed E-state index contributed by atoms with van der Waals surface area (Å²) in [7, 11) is 1.99. The predicted molar refractivity (Wildman–Crippen MR) is 99.6 cm³/mol. The average Bonchev–Trinajstić information content (AvgIpc) is 2.83. The lowest BCUT2D eigenvalue weighted by Gasteiger charge is -2.35. The number of nitrogens with zero attached hydrogens (tertiary/aromatic N) is 1. The molecule has 0 radical (unpaired) electrons. The number of nitrogens with one attached hydrogen (secondary N) is 1. The maximum absolute atomic E-state index is 12.5. The molecule has 128 valence electrons. The molecule has 23 heavy (non-hydrogen) atoms. The highest BCUT2D eigenvalue weighted by Gasteiger charge is 2.36. The van der Waals surface area contributed by atoms with Crippen LogP contribution in [0.3, 0.4) is 0 Å². The van der Waals surface area contributed by atoms with Gasteiger partial charge in [0.25, 0.3) is 0 Å². The monoisotopic (exact) mass is 354 g/mol. The number of halogens is 1. The summed E-state index contributed by atoms with van der Waals surface area (Å²) in [5, 5.41) is 3.64. The molecule has 0 spiro atoms. The number of rotatable bonds is 4. The molecular weight excluding hydrogens is 328 g/mol. The van der Waals surface area contributed by atoms with E-state index in [4.69, 9.17) is 0 Å². The van der Waals surface area contributed by atoms with Gasteiger partial charge in [-0.05, 0) is 51.2 Å². The normalized spacial score (nSPS) is 25.8. The lowest BCUT2D eigenvalue weighted by molar-refractivity contribution is -0.129. The maximum Gasteiger partial charge on any atom is 0.232 e. The first-order valence-corrected chi connectivity index (χ1v) is 9.23. The third-order valence-corrected chi connectivity index (χ3v) is 6.23. The second-order valence-corrected chi connectivity index (χ2v) is 7.84. The Kier molecular flexibility index (Phi) is 6.40. The molecule has 2 bridgehead atoms. The molecule has 1 N–H and O–H groups in total. The van der Waals surface area contributed by atoms with Gasteiger partial charge in [-0.25, -0.2) is 0 Å². The Hall–Kier alpha value is -0.710. The molecule has 2 saturated heterocycles. The smallest absolute Gasteiger partial charge is 0.232 e. The fourth-order valence-corrected chi connectivity index (χ4v) is 4.68. The van der Waals surface area contributed by atoms with Crippen molar-refractivity contribution in [2.45, 2.75) is 62.6 Å². The zero-order chi connectivity index (χ0) is 15.7. The molecule has 3 nitrogen and oxygen atoms in total. The molecule has 1 aromatic carbocycles. The minimum Gasteiger partial charge on any atom is -0.342 e. The molecule has 2 fully saturated rings. The highest BCUT2D eigenvalue weighted by atomic mass is 35.5. The predicted octanol–water partition coefficient (Wildman–Crippen LogP) is 3.56. The van der Waals surface area contributed by atoms with Crippen LogP contribution in [0.15, 0.2) is 23.1 Å². The summed E-state index contributed by atoms with van der Waals surface area (Å²) < 4.78 is 0. The number of piperidine rings is 1. The van der Waals surface area contributed by atoms with Crippen LogP contribution >= 0.6 is 24.2 Å². The second-order valence-electron chi connectivity index (χ2n) is 6.83. The third-order valence-electron chi connectivity index (χ3n) is 5.07. The van der Waals surface area contributed by atoms with Crippen LogP contribution < -0.4 is 5.32 Å². The summed E-state index contributed by atoms with van der Waals surface area (Å²) in [4.78, 5) is 15.7. The van der Waals surface area contributed by atoms with Gasteiger partial charge >= 0.3 is 0 Å².